The van der Waals surface area contributed by atoms with Crippen LogP contribution in [0.5, 0.6) is 11.5 Å². The molecule has 0 radical (unpaired) electrons. The predicted molar refractivity (Wildman–Crippen MR) is 78.2 cm³/mol. The molecule has 3 rings (SSSR count). The summed E-state index contributed by atoms with van der Waals surface area (Å²) in [5.74, 6) is 1.47. The van der Waals surface area contributed by atoms with Crippen molar-refractivity contribution in [1.82, 2.24) is 4.98 Å². The number of nitrogens with zero attached hydrogens (tertiary/aromatic N) is 1. The van der Waals surface area contributed by atoms with Gasteiger partial charge in [0.15, 0.2) is 11.5 Å². The van der Waals surface area contributed by atoms with Crippen molar-refractivity contribution in [2.75, 3.05) is 14.2 Å². The van der Waals surface area contributed by atoms with Crippen molar-refractivity contribution in [1.29, 1.82) is 0 Å². The van der Waals surface area contributed by atoms with Gasteiger partial charge in [0.1, 0.15) is 0 Å². The van der Waals surface area contributed by atoms with Gasteiger partial charge in [-0.1, -0.05) is 12.1 Å². The zero-order valence-electron chi connectivity index (χ0n) is 10.7. The molecule has 3 aromatic rings. The minimum Gasteiger partial charge on any atom is -0.493 e. The van der Waals surface area contributed by atoms with E-state index in [1.54, 1.807) is 25.6 Å². The molecule has 2 aromatic carbocycles. The molecule has 0 aliphatic heterocycles. The number of methoxy groups -OCH3 is 2. The number of fused-ring (bicyclic) bond motifs is 1. The fraction of sp³-hybridized carbons (Fsp3) is 0.133. The number of ether oxygens (including phenoxy) is 2. The number of rotatable bonds is 3. The van der Waals surface area contributed by atoms with Crippen molar-refractivity contribution in [3.05, 3.63) is 41.9 Å². The van der Waals surface area contributed by atoms with Crippen molar-refractivity contribution >= 4 is 21.6 Å². The number of hydrogen-bond donors (Lipinski definition) is 0. The molecule has 0 aliphatic rings. The Morgan fingerprint density at radius 2 is 1.63 bits per heavy atom. The van der Waals surface area contributed by atoms with Crippen LogP contribution in [0.15, 0.2) is 41.9 Å². The number of thiazole rings is 1. The first-order chi connectivity index (χ1) is 9.31. The van der Waals surface area contributed by atoms with Gasteiger partial charge in [-0.3, -0.25) is 0 Å². The summed E-state index contributed by atoms with van der Waals surface area (Å²) in [6.45, 7) is 0. The minimum atomic E-state index is 0.735. The largest absolute Gasteiger partial charge is 0.493 e. The maximum absolute atomic E-state index is 5.33. The first kappa shape index (κ1) is 12.0. The molecule has 0 bridgehead atoms. The van der Waals surface area contributed by atoms with Gasteiger partial charge in [0.05, 0.1) is 29.9 Å². The summed E-state index contributed by atoms with van der Waals surface area (Å²) in [6.07, 6.45) is 0. The summed E-state index contributed by atoms with van der Waals surface area (Å²) in [5, 5.41) is 0. The highest BCUT2D eigenvalue weighted by atomic mass is 32.1. The molecule has 1 aromatic heterocycles. The molecule has 3 nitrogen and oxygen atoms in total. The van der Waals surface area contributed by atoms with Crippen LogP contribution < -0.4 is 9.47 Å². The van der Waals surface area contributed by atoms with Gasteiger partial charge in [-0.05, 0) is 35.4 Å². The second-order valence-corrected chi connectivity index (χ2v) is 4.99. The molecule has 0 saturated carbocycles. The van der Waals surface area contributed by atoms with Crippen LogP contribution in [0.3, 0.4) is 0 Å². The van der Waals surface area contributed by atoms with Crippen LogP contribution >= 0.6 is 11.3 Å². The summed E-state index contributed by atoms with van der Waals surface area (Å²) >= 11 is 1.65. The maximum atomic E-state index is 5.33. The third-order valence-corrected chi connectivity index (χ3v) is 3.86. The van der Waals surface area contributed by atoms with Crippen molar-refractivity contribution in [3.8, 4) is 22.6 Å². The molecular formula is C15H13NO2S. The Labute approximate surface area is 115 Å². The minimum absolute atomic E-state index is 0.735. The lowest BCUT2D eigenvalue weighted by Crippen LogP contribution is -1.90. The normalized spacial score (nSPS) is 10.6. The molecule has 0 N–H and O–H groups in total. The second kappa shape index (κ2) is 4.90. The number of benzene rings is 2. The van der Waals surface area contributed by atoms with Gasteiger partial charge in [-0.25, -0.2) is 4.98 Å². The van der Waals surface area contributed by atoms with E-state index in [2.05, 4.69) is 23.2 Å². The lowest BCUT2D eigenvalue weighted by Gasteiger charge is -2.09. The van der Waals surface area contributed by atoms with E-state index in [0.717, 1.165) is 28.1 Å². The Morgan fingerprint density at radius 3 is 2.42 bits per heavy atom. The molecule has 1 heterocycles. The van der Waals surface area contributed by atoms with Gasteiger partial charge in [-0.15, -0.1) is 11.3 Å². The van der Waals surface area contributed by atoms with Gasteiger partial charge in [0, 0.05) is 0 Å². The molecule has 0 amide bonds. The third kappa shape index (κ3) is 2.15. The van der Waals surface area contributed by atoms with E-state index in [4.69, 9.17) is 9.47 Å². The standard InChI is InChI=1S/C15H13NO2S/c1-17-13-5-3-11(8-14(13)18-2)10-4-6-15-12(7-10)16-9-19-15/h3-9H,1-2H3. The molecule has 0 unspecified atom stereocenters. The molecular weight excluding hydrogens is 258 g/mol. The summed E-state index contributed by atoms with van der Waals surface area (Å²) in [4.78, 5) is 4.34. The molecule has 19 heavy (non-hydrogen) atoms. The molecule has 0 aliphatic carbocycles. The average molecular weight is 271 g/mol. The lowest BCUT2D eigenvalue weighted by molar-refractivity contribution is 0.355. The third-order valence-electron chi connectivity index (χ3n) is 3.05. The van der Waals surface area contributed by atoms with E-state index < -0.39 is 0 Å². The number of hydrogen-bond acceptors (Lipinski definition) is 4. The monoisotopic (exact) mass is 271 g/mol. The smallest absolute Gasteiger partial charge is 0.161 e. The van der Waals surface area contributed by atoms with Gasteiger partial charge in [0.25, 0.3) is 0 Å². The van der Waals surface area contributed by atoms with Crippen LogP contribution in [-0.4, -0.2) is 19.2 Å². The summed E-state index contributed by atoms with van der Waals surface area (Å²) in [5.41, 5.74) is 5.10. The quantitative estimate of drug-likeness (QED) is 0.722. The van der Waals surface area contributed by atoms with Gasteiger partial charge in [-0.2, -0.15) is 0 Å². The van der Waals surface area contributed by atoms with E-state index >= 15 is 0 Å². The average Bonchev–Trinajstić information content (AvgIpc) is 2.93. The fourth-order valence-corrected chi connectivity index (χ4v) is 2.71. The summed E-state index contributed by atoms with van der Waals surface area (Å²) < 4.78 is 11.8. The van der Waals surface area contributed by atoms with Gasteiger partial charge >= 0.3 is 0 Å². The SMILES string of the molecule is COc1ccc(-c2ccc3scnc3c2)cc1OC. The Balaban J connectivity index is 2.09. The van der Waals surface area contributed by atoms with Crippen molar-refractivity contribution < 1.29 is 9.47 Å². The molecule has 0 fully saturated rings. The van der Waals surface area contributed by atoms with Crippen molar-refractivity contribution in [2.45, 2.75) is 0 Å². The van der Waals surface area contributed by atoms with Gasteiger partial charge < -0.3 is 9.47 Å². The zero-order chi connectivity index (χ0) is 13.2. The summed E-state index contributed by atoms with van der Waals surface area (Å²) in [6, 6.07) is 12.2. The topological polar surface area (TPSA) is 31.4 Å². The summed E-state index contributed by atoms with van der Waals surface area (Å²) in [7, 11) is 3.28. The van der Waals surface area contributed by atoms with E-state index in [1.165, 1.54) is 4.70 Å². The van der Waals surface area contributed by atoms with Crippen LogP contribution in [0.4, 0.5) is 0 Å². The first-order valence-corrected chi connectivity index (χ1v) is 6.75. The lowest BCUT2D eigenvalue weighted by atomic mass is 10.0. The Kier molecular flexibility index (Phi) is 3.09. The van der Waals surface area contributed by atoms with Crippen molar-refractivity contribution in [3.63, 3.8) is 0 Å². The van der Waals surface area contributed by atoms with Crippen LogP contribution in [0.25, 0.3) is 21.3 Å². The Bertz CT molecular complexity index is 721. The van der Waals surface area contributed by atoms with Crippen LogP contribution in [0.2, 0.25) is 0 Å². The van der Waals surface area contributed by atoms with Crippen LogP contribution in [0.1, 0.15) is 0 Å². The molecule has 0 spiro atoms. The molecule has 0 saturated heterocycles. The first-order valence-electron chi connectivity index (χ1n) is 5.87. The Hall–Kier alpha value is -2.07. The zero-order valence-corrected chi connectivity index (χ0v) is 11.5. The highest BCUT2D eigenvalue weighted by molar-refractivity contribution is 7.16. The van der Waals surface area contributed by atoms with Crippen LogP contribution in [-0.2, 0) is 0 Å². The fourth-order valence-electron chi connectivity index (χ4n) is 2.05. The predicted octanol–water partition coefficient (Wildman–Crippen LogP) is 3.98. The second-order valence-electron chi connectivity index (χ2n) is 4.10. The van der Waals surface area contributed by atoms with Gasteiger partial charge in [0.2, 0.25) is 0 Å². The highest BCUT2D eigenvalue weighted by Gasteiger charge is 2.07. The Morgan fingerprint density at radius 1 is 0.895 bits per heavy atom. The van der Waals surface area contributed by atoms with Crippen molar-refractivity contribution in [2.24, 2.45) is 0 Å². The molecule has 0 atom stereocenters. The van der Waals surface area contributed by atoms with Crippen LogP contribution in [0, 0.1) is 0 Å². The maximum Gasteiger partial charge on any atom is 0.161 e. The van der Waals surface area contributed by atoms with E-state index in [0.29, 0.717) is 0 Å². The van der Waals surface area contributed by atoms with E-state index in [1.807, 2.05) is 23.7 Å². The van der Waals surface area contributed by atoms with E-state index in [-0.39, 0.29) is 0 Å². The number of aromatic nitrogens is 1. The molecule has 96 valence electrons. The highest BCUT2D eigenvalue weighted by Crippen LogP contribution is 2.33. The molecule has 4 heteroatoms. The van der Waals surface area contributed by atoms with E-state index in [9.17, 15) is 0 Å².